The summed E-state index contributed by atoms with van der Waals surface area (Å²) in [7, 11) is 0. The van der Waals surface area contributed by atoms with Crippen molar-refractivity contribution in [1.82, 2.24) is 41.5 Å². The fourth-order valence-corrected chi connectivity index (χ4v) is 7.06. The minimum Gasteiger partial charge on any atom is -0.368 e. The zero-order valence-corrected chi connectivity index (χ0v) is 34.7. The van der Waals surface area contributed by atoms with Crippen molar-refractivity contribution in [3.8, 4) is 0 Å². The van der Waals surface area contributed by atoms with Crippen molar-refractivity contribution < 1.29 is 28.8 Å². The first kappa shape index (κ1) is 46.8. The Kier molecular flexibility index (Phi) is 19.9. The van der Waals surface area contributed by atoms with Gasteiger partial charge in [0.15, 0.2) is 0 Å². The van der Waals surface area contributed by atoms with Crippen LogP contribution in [-0.2, 0) is 41.6 Å². The molecule has 0 saturated heterocycles. The number of para-hydroxylation sites is 1. The molecule has 0 unspecified atom stereocenters. The number of nitrogens with two attached hydrogens (primary N) is 3. The lowest BCUT2D eigenvalue weighted by Gasteiger charge is -2.28. The molecule has 17 nitrogen and oxygen atoms in total. The van der Waals surface area contributed by atoms with Gasteiger partial charge in [-0.3, -0.25) is 28.8 Å². The number of fused-ring (bicyclic) bond motifs is 1. The highest BCUT2D eigenvalue weighted by molar-refractivity contribution is 7.98. The molecule has 2 aromatic heterocycles. The second kappa shape index (κ2) is 24.2. The predicted octanol–water partition coefficient (Wildman–Crippen LogP) is 0.204. The lowest BCUT2D eigenvalue weighted by Crippen LogP contribution is -2.60. The van der Waals surface area contributed by atoms with Gasteiger partial charge in [-0.2, -0.15) is 23.5 Å². The third-order valence-corrected chi connectivity index (χ3v) is 10.7. The minimum absolute atomic E-state index is 0.0143. The van der Waals surface area contributed by atoms with Crippen LogP contribution in [0.3, 0.4) is 0 Å². The van der Waals surface area contributed by atoms with E-state index in [1.807, 2.05) is 36.8 Å². The van der Waals surface area contributed by atoms with Gasteiger partial charge in [-0.25, -0.2) is 4.98 Å². The van der Waals surface area contributed by atoms with E-state index < -0.39 is 71.7 Å². The largest absolute Gasteiger partial charge is 0.368 e. The standard InChI is InChI=1S/C38H59N11O6S2/c1-22(2)32(38(55)45-28(33(41)50)12-15-56-3)49-36(53)30(13-16-57-4)47-37(54)31(18-24-20-42-21-44-24)48-35(52)29(11-7-8-14-39)46-34(51)26(40)17-23-19-43-27-10-6-5-9-25(23)27/h5-6,9-10,19-22,26,28-32,43H,7-8,11-18,39-40H2,1-4H3,(H2,41,50)(H,42,44)(H,45,55)(H,46,51)(H,47,54)(H,48,52)(H,49,53)/t26-,28+,29-,30-,31-,32-/m0/s1. The quantitative estimate of drug-likeness (QED) is 0.0488. The lowest BCUT2D eigenvalue weighted by atomic mass is 10.0. The van der Waals surface area contributed by atoms with Crippen molar-refractivity contribution in [2.45, 2.75) is 95.0 Å². The maximum atomic E-state index is 14.0. The van der Waals surface area contributed by atoms with Crippen molar-refractivity contribution >= 4 is 69.9 Å². The predicted molar refractivity (Wildman–Crippen MR) is 225 cm³/mol. The summed E-state index contributed by atoms with van der Waals surface area (Å²) in [4.78, 5) is 90.7. The molecule has 19 heteroatoms. The Bertz CT molecular complexity index is 1760. The fourth-order valence-electron chi connectivity index (χ4n) is 6.12. The average Bonchev–Trinajstić information content (AvgIpc) is 3.86. The molecule has 0 aliphatic heterocycles. The van der Waals surface area contributed by atoms with Crippen LogP contribution in [0.5, 0.6) is 0 Å². The molecule has 0 bridgehead atoms. The Hall–Kier alpha value is -4.59. The lowest BCUT2D eigenvalue weighted by molar-refractivity contribution is -0.135. The molecule has 0 aliphatic rings. The summed E-state index contributed by atoms with van der Waals surface area (Å²) in [5.74, 6) is -3.00. The van der Waals surface area contributed by atoms with Crippen LogP contribution in [0.25, 0.3) is 10.9 Å². The van der Waals surface area contributed by atoms with E-state index in [0.717, 1.165) is 16.5 Å². The number of hydrogen-bond donors (Lipinski definition) is 10. The van der Waals surface area contributed by atoms with Gasteiger partial charge in [-0.05, 0) is 86.6 Å². The SMILES string of the molecule is CSCC[C@H](NC(=O)[C@H](Cc1cnc[nH]1)NC(=O)[C@H](CCCCN)NC(=O)[C@@H](N)Cc1c[nH]c2ccccc12)C(=O)N[C@H](C(=O)N[C@H](CCSC)C(N)=O)C(C)C. The van der Waals surface area contributed by atoms with E-state index >= 15 is 0 Å². The maximum Gasteiger partial charge on any atom is 0.243 e. The van der Waals surface area contributed by atoms with E-state index in [9.17, 15) is 28.8 Å². The summed E-state index contributed by atoms with van der Waals surface area (Å²) in [5, 5.41) is 14.7. The van der Waals surface area contributed by atoms with Gasteiger partial charge >= 0.3 is 0 Å². The molecular formula is C38H59N11O6S2. The Morgan fingerprint density at radius 2 is 1.33 bits per heavy atom. The normalized spacial score (nSPS) is 14.5. The second-order valence-electron chi connectivity index (χ2n) is 14.2. The average molecular weight is 830 g/mol. The number of imidazole rings is 1. The molecule has 0 aliphatic carbocycles. The van der Waals surface area contributed by atoms with Crippen molar-refractivity contribution in [1.29, 1.82) is 0 Å². The first-order valence-corrected chi connectivity index (χ1v) is 21.8. The van der Waals surface area contributed by atoms with Gasteiger partial charge < -0.3 is 53.8 Å². The van der Waals surface area contributed by atoms with Crippen LogP contribution in [-0.4, -0.2) is 117 Å². The van der Waals surface area contributed by atoms with Crippen LogP contribution in [0.1, 0.15) is 57.2 Å². The number of amides is 6. The first-order valence-electron chi connectivity index (χ1n) is 19.1. The Morgan fingerprint density at radius 1 is 0.737 bits per heavy atom. The van der Waals surface area contributed by atoms with Gasteiger partial charge in [0, 0.05) is 35.4 Å². The molecule has 314 valence electrons. The number of thioether (sulfide) groups is 2. The molecule has 3 rings (SSSR count). The number of H-pyrrole nitrogens is 2. The van der Waals surface area contributed by atoms with E-state index in [0.29, 0.717) is 43.0 Å². The van der Waals surface area contributed by atoms with Crippen LogP contribution in [0.4, 0.5) is 0 Å². The molecule has 57 heavy (non-hydrogen) atoms. The number of carbonyl (C=O) groups is 6. The van der Waals surface area contributed by atoms with Gasteiger partial charge in [-0.1, -0.05) is 32.0 Å². The topological polar surface area (TPSA) is 285 Å². The molecule has 6 amide bonds. The summed E-state index contributed by atoms with van der Waals surface area (Å²) in [6.07, 6.45) is 10.6. The smallest absolute Gasteiger partial charge is 0.243 e. The van der Waals surface area contributed by atoms with Crippen LogP contribution < -0.4 is 43.8 Å². The summed E-state index contributed by atoms with van der Waals surface area (Å²) < 4.78 is 0. The Morgan fingerprint density at radius 3 is 1.96 bits per heavy atom. The Balaban J connectivity index is 1.79. The van der Waals surface area contributed by atoms with Gasteiger partial charge in [-0.15, -0.1) is 0 Å². The number of unbranched alkanes of at least 4 members (excludes halogenated alkanes) is 1. The number of hydrogen-bond acceptors (Lipinski definition) is 11. The van der Waals surface area contributed by atoms with Gasteiger partial charge in [0.25, 0.3) is 0 Å². The monoisotopic (exact) mass is 829 g/mol. The molecule has 0 spiro atoms. The van der Waals surface area contributed by atoms with E-state index in [4.69, 9.17) is 17.2 Å². The van der Waals surface area contributed by atoms with E-state index in [2.05, 4.69) is 41.5 Å². The third-order valence-electron chi connectivity index (χ3n) is 9.40. The highest BCUT2D eigenvalue weighted by Crippen LogP contribution is 2.19. The van der Waals surface area contributed by atoms with Crippen LogP contribution >= 0.6 is 23.5 Å². The van der Waals surface area contributed by atoms with Crippen molar-refractivity contribution in [3.63, 3.8) is 0 Å². The van der Waals surface area contributed by atoms with Gasteiger partial charge in [0.1, 0.15) is 30.2 Å². The summed E-state index contributed by atoms with van der Waals surface area (Å²) in [5.41, 5.74) is 19.9. The number of nitrogens with one attached hydrogen (secondary N) is 7. The molecule has 13 N–H and O–H groups in total. The number of benzene rings is 1. The van der Waals surface area contributed by atoms with E-state index in [-0.39, 0.29) is 31.6 Å². The number of primary amides is 1. The number of carbonyl (C=O) groups excluding carboxylic acids is 6. The molecule has 1 aromatic carbocycles. The molecule has 0 saturated carbocycles. The number of aromatic amines is 2. The number of aromatic nitrogens is 3. The number of nitrogens with zero attached hydrogens (tertiary/aromatic N) is 1. The maximum absolute atomic E-state index is 14.0. The summed E-state index contributed by atoms with van der Waals surface area (Å²) >= 11 is 2.96. The van der Waals surface area contributed by atoms with Crippen LogP contribution in [0.15, 0.2) is 43.0 Å². The zero-order chi connectivity index (χ0) is 41.9. The zero-order valence-electron chi connectivity index (χ0n) is 33.1. The first-order chi connectivity index (χ1) is 27.3. The third kappa shape index (κ3) is 15.0. The van der Waals surface area contributed by atoms with Gasteiger partial charge in [0.05, 0.1) is 12.4 Å². The highest BCUT2D eigenvalue weighted by Gasteiger charge is 2.34. The van der Waals surface area contributed by atoms with Crippen molar-refractivity contribution in [2.75, 3.05) is 30.6 Å². The molecule has 0 fully saturated rings. The molecule has 2 heterocycles. The summed E-state index contributed by atoms with van der Waals surface area (Å²) in [6.45, 7) is 3.87. The van der Waals surface area contributed by atoms with Crippen LogP contribution in [0, 0.1) is 5.92 Å². The highest BCUT2D eigenvalue weighted by atomic mass is 32.2. The number of rotatable bonds is 26. The molecular weight excluding hydrogens is 771 g/mol. The molecule has 3 aromatic rings. The minimum atomic E-state index is -1.20. The van der Waals surface area contributed by atoms with E-state index in [1.54, 1.807) is 20.0 Å². The van der Waals surface area contributed by atoms with Crippen molar-refractivity contribution in [3.05, 3.63) is 54.2 Å². The van der Waals surface area contributed by atoms with E-state index in [1.165, 1.54) is 36.0 Å². The Labute approximate surface area is 342 Å². The summed E-state index contributed by atoms with van der Waals surface area (Å²) in [6, 6.07) is 1.40. The van der Waals surface area contributed by atoms with Gasteiger partial charge in [0.2, 0.25) is 35.4 Å². The second-order valence-corrected chi connectivity index (χ2v) is 16.1. The molecule has 6 atom stereocenters. The van der Waals surface area contributed by atoms with Crippen LogP contribution in [0.2, 0.25) is 0 Å². The molecule has 0 radical (unpaired) electrons. The van der Waals surface area contributed by atoms with Crippen molar-refractivity contribution in [2.24, 2.45) is 23.1 Å². The fraction of sp³-hybridized carbons (Fsp3) is 0.553.